The molecular weight excluding hydrogens is 194 g/mol. The van der Waals surface area contributed by atoms with Crippen LogP contribution in [0.5, 0.6) is 0 Å². The topological polar surface area (TPSA) is 56.1 Å². The van der Waals surface area contributed by atoms with E-state index < -0.39 is 0 Å². The molecule has 5 heteroatoms. The van der Waals surface area contributed by atoms with Gasteiger partial charge in [-0.15, -0.1) is 0 Å². The molecule has 1 aromatic heterocycles. The molecule has 0 fully saturated rings. The Balaban J connectivity index is 2.97. The van der Waals surface area contributed by atoms with Crippen LogP contribution in [0.15, 0.2) is 6.07 Å². The zero-order valence-corrected chi connectivity index (χ0v) is 9.57. The number of anilines is 1. The van der Waals surface area contributed by atoms with Crippen LogP contribution in [0, 0.1) is 0 Å². The van der Waals surface area contributed by atoms with Crippen molar-refractivity contribution >= 4 is 11.8 Å². The van der Waals surface area contributed by atoms with Crippen molar-refractivity contribution in [2.75, 3.05) is 19.0 Å². The van der Waals surface area contributed by atoms with Crippen LogP contribution in [-0.4, -0.2) is 29.4 Å². The molecule has 0 amide bonds. The monoisotopic (exact) mass is 211 g/mol. The molecule has 84 valence electrons. The molecule has 0 aromatic carbocycles. The van der Waals surface area contributed by atoms with Gasteiger partial charge in [0.2, 0.25) is 0 Å². The zero-order chi connectivity index (χ0) is 11.4. The molecule has 0 aliphatic heterocycles. The number of hydrogen-bond acceptors (Lipinski definition) is 4. The summed E-state index contributed by atoms with van der Waals surface area (Å²) in [6, 6.07) is 1.90. The molecule has 0 bridgehead atoms. The maximum atomic E-state index is 11.4. The highest BCUT2D eigenvalue weighted by Gasteiger charge is 2.15. The van der Waals surface area contributed by atoms with Gasteiger partial charge in [0, 0.05) is 19.2 Å². The highest BCUT2D eigenvalue weighted by atomic mass is 16.5. The van der Waals surface area contributed by atoms with Crippen molar-refractivity contribution in [3.63, 3.8) is 0 Å². The summed E-state index contributed by atoms with van der Waals surface area (Å²) in [6.07, 6.45) is 0. The van der Waals surface area contributed by atoms with Crippen molar-refractivity contribution < 1.29 is 9.53 Å². The lowest BCUT2D eigenvalue weighted by molar-refractivity contribution is 0.0518. The Morgan fingerprint density at radius 2 is 2.33 bits per heavy atom. The van der Waals surface area contributed by atoms with E-state index in [2.05, 4.69) is 10.4 Å². The average Bonchev–Trinajstić information content (AvgIpc) is 2.61. The molecule has 0 aliphatic carbocycles. The van der Waals surface area contributed by atoms with Gasteiger partial charge in [0.25, 0.3) is 0 Å². The predicted molar refractivity (Wildman–Crippen MR) is 58.1 cm³/mol. The fourth-order valence-corrected chi connectivity index (χ4v) is 1.28. The van der Waals surface area contributed by atoms with Crippen molar-refractivity contribution in [3.05, 3.63) is 11.8 Å². The van der Waals surface area contributed by atoms with Crippen LogP contribution in [0.4, 0.5) is 5.82 Å². The fraction of sp³-hybridized carbons (Fsp3) is 0.600. The van der Waals surface area contributed by atoms with Crippen LogP contribution < -0.4 is 5.32 Å². The molecule has 0 saturated carbocycles. The van der Waals surface area contributed by atoms with Crippen molar-refractivity contribution in [1.82, 2.24) is 9.78 Å². The molecule has 5 nitrogen and oxygen atoms in total. The summed E-state index contributed by atoms with van der Waals surface area (Å²) in [6.45, 7) is 6.14. The van der Waals surface area contributed by atoms with Crippen LogP contribution in [0.25, 0.3) is 0 Å². The number of carbonyl (C=O) groups is 1. The average molecular weight is 211 g/mol. The van der Waals surface area contributed by atoms with Crippen LogP contribution in [0.2, 0.25) is 0 Å². The van der Waals surface area contributed by atoms with Gasteiger partial charge in [-0.1, -0.05) is 0 Å². The molecular formula is C10H17N3O2. The van der Waals surface area contributed by atoms with Crippen molar-refractivity contribution in [2.45, 2.75) is 26.8 Å². The Morgan fingerprint density at radius 1 is 1.67 bits per heavy atom. The van der Waals surface area contributed by atoms with Crippen LogP contribution in [-0.2, 0) is 4.74 Å². The third kappa shape index (κ3) is 2.49. The first-order valence-corrected chi connectivity index (χ1v) is 5.04. The summed E-state index contributed by atoms with van der Waals surface area (Å²) < 4.78 is 6.63. The Morgan fingerprint density at radius 3 is 2.73 bits per heavy atom. The molecule has 0 saturated heterocycles. The first kappa shape index (κ1) is 11.6. The third-order valence-corrected chi connectivity index (χ3v) is 1.97. The highest BCUT2D eigenvalue weighted by Crippen LogP contribution is 2.16. The highest BCUT2D eigenvalue weighted by molar-refractivity contribution is 5.88. The van der Waals surface area contributed by atoms with Crippen molar-refractivity contribution in [3.8, 4) is 0 Å². The maximum Gasteiger partial charge on any atom is 0.358 e. The summed E-state index contributed by atoms with van der Waals surface area (Å²) in [5, 5.41) is 7.17. The Hall–Kier alpha value is -1.52. The van der Waals surface area contributed by atoms with E-state index in [0.717, 1.165) is 5.82 Å². The van der Waals surface area contributed by atoms with Gasteiger partial charge in [0.1, 0.15) is 5.82 Å². The quantitative estimate of drug-likeness (QED) is 0.770. The van der Waals surface area contributed by atoms with Gasteiger partial charge in [-0.2, -0.15) is 5.10 Å². The third-order valence-electron chi connectivity index (χ3n) is 1.97. The lowest BCUT2D eigenvalue weighted by Gasteiger charge is -2.09. The lowest BCUT2D eigenvalue weighted by atomic mass is 10.4. The number of esters is 1. The standard InChI is InChI=1S/C10H17N3O2/c1-5-15-10(14)8-6-9(11-4)13(12-8)7(2)3/h6-7,11H,5H2,1-4H3. The van der Waals surface area contributed by atoms with Gasteiger partial charge in [-0.25, -0.2) is 9.48 Å². The summed E-state index contributed by atoms with van der Waals surface area (Å²) in [5.41, 5.74) is 0.343. The number of rotatable bonds is 4. The molecule has 1 N–H and O–H groups in total. The molecule has 1 heterocycles. The van der Waals surface area contributed by atoms with Crippen molar-refractivity contribution in [1.29, 1.82) is 0 Å². The van der Waals surface area contributed by atoms with Crippen molar-refractivity contribution in [2.24, 2.45) is 0 Å². The normalized spacial score (nSPS) is 10.5. The Labute approximate surface area is 89.4 Å². The van der Waals surface area contributed by atoms with Gasteiger partial charge in [-0.05, 0) is 20.8 Å². The summed E-state index contributed by atoms with van der Waals surface area (Å²) in [7, 11) is 1.80. The fourth-order valence-electron chi connectivity index (χ4n) is 1.28. The second kappa shape index (κ2) is 4.82. The molecule has 0 unspecified atom stereocenters. The smallest absolute Gasteiger partial charge is 0.358 e. The lowest BCUT2D eigenvalue weighted by Crippen LogP contribution is -2.09. The molecule has 0 atom stereocenters. The first-order chi connectivity index (χ1) is 7.10. The minimum absolute atomic E-state index is 0.204. The number of nitrogens with zero attached hydrogens (tertiary/aromatic N) is 2. The second-order valence-electron chi connectivity index (χ2n) is 3.42. The number of hydrogen-bond donors (Lipinski definition) is 1. The first-order valence-electron chi connectivity index (χ1n) is 5.04. The minimum Gasteiger partial charge on any atom is -0.461 e. The summed E-state index contributed by atoms with van der Waals surface area (Å²) in [4.78, 5) is 11.4. The van der Waals surface area contributed by atoms with E-state index in [9.17, 15) is 4.79 Å². The van der Waals surface area contributed by atoms with E-state index >= 15 is 0 Å². The summed E-state index contributed by atoms with van der Waals surface area (Å²) >= 11 is 0. The maximum absolute atomic E-state index is 11.4. The van der Waals surface area contributed by atoms with Gasteiger partial charge in [0.05, 0.1) is 6.61 Å². The summed E-state index contributed by atoms with van der Waals surface area (Å²) in [5.74, 6) is 0.432. The van der Waals surface area contributed by atoms with E-state index in [0.29, 0.717) is 12.3 Å². The molecule has 0 aliphatic rings. The number of aromatic nitrogens is 2. The van der Waals surface area contributed by atoms with E-state index in [1.54, 1.807) is 24.7 Å². The Kier molecular flexibility index (Phi) is 3.71. The van der Waals surface area contributed by atoms with Gasteiger partial charge in [-0.3, -0.25) is 0 Å². The van der Waals surface area contributed by atoms with Gasteiger partial charge in [0.15, 0.2) is 5.69 Å². The number of nitrogens with one attached hydrogen (secondary N) is 1. The predicted octanol–water partition coefficient (Wildman–Crippen LogP) is 1.68. The van der Waals surface area contributed by atoms with E-state index in [4.69, 9.17) is 4.74 Å². The number of carbonyl (C=O) groups excluding carboxylic acids is 1. The van der Waals surface area contributed by atoms with Gasteiger partial charge < -0.3 is 10.1 Å². The zero-order valence-electron chi connectivity index (χ0n) is 9.57. The van der Waals surface area contributed by atoms with Crippen LogP contribution in [0.1, 0.15) is 37.3 Å². The largest absolute Gasteiger partial charge is 0.461 e. The number of ether oxygens (including phenoxy) is 1. The van der Waals surface area contributed by atoms with Crippen LogP contribution >= 0.6 is 0 Å². The SMILES string of the molecule is CCOC(=O)c1cc(NC)n(C(C)C)n1. The Bertz CT molecular complexity index is 344. The van der Waals surface area contributed by atoms with Crippen LogP contribution in [0.3, 0.4) is 0 Å². The van der Waals surface area contributed by atoms with Gasteiger partial charge >= 0.3 is 5.97 Å². The minimum atomic E-state index is -0.381. The molecule has 1 aromatic rings. The second-order valence-corrected chi connectivity index (χ2v) is 3.42. The van der Waals surface area contributed by atoms with E-state index in [-0.39, 0.29) is 12.0 Å². The molecule has 15 heavy (non-hydrogen) atoms. The molecule has 0 spiro atoms. The molecule has 0 radical (unpaired) electrons. The van der Waals surface area contributed by atoms with E-state index in [1.165, 1.54) is 0 Å². The molecule has 1 rings (SSSR count). The van der Waals surface area contributed by atoms with E-state index in [1.807, 2.05) is 13.8 Å².